The van der Waals surface area contributed by atoms with E-state index in [-0.39, 0.29) is 6.61 Å². The Kier molecular flexibility index (Phi) is 5.78. The Morgan fingerprint density at radius 1 is 1.42 bits per heavy atom. The Labute approximate surface area is 139 Å². The van der Waals surface area contributed by atoms with Crippen molar-refractivity contribution in [2.24, 2.45) is 5.10 Å². The summed E-state index contributed by atoms with van der Waals surface area (Å²) in [5.74, 6) is 0.787. The van der Waals surface area contributed by atoms with Crippen molar-refractivity contribution < 1.29 is 19.0 Å². The normalized spacial score (nSPS) is 10.8. The Bertz CT molecular complexity index is 740. The first-order chi connectivity index (χ1) is 11.5. The summed E-state index contributed by atoms with van der Waals surface area (Å²) >= 11 is 0. The molecule has 0 unspecified atom stereocenters. The number of nitrogens with two attached hydrogens (primary N) is 1. The fourth-order valence-corrected chi connectivity index (χ4v) is 1.95. The van der Waals surface area contributed by atoms with Crippen LogP contribution in [-0.2, 0) is 9.53 Å². The molecule has 24 heavy (non-hydrogen) atoms. The van der Waals surface area contributed by atoms with Crippen LogP contribution in [0.25, 0.3) is 0 Å². The van der Waals surface area contributed by atoms with Crippen molar-refractivity contribution in [1.29, 1.82) is 0 Å². The molecule has 0 amide bonds. The number of carbonyl (C=O) groups is 1. The first kappa shape index (κ1) is 17.3. The summed E-state index contributed by atoms with van der Waals surface area (Å²) in [5.41, 5.74) is 7.26. The average Bonchev–Trinajstić information content (AvgIpc) is 2.89. The van der Waals surface area contributed by atoms with Crippen molar-refractivity contribution in [3.05, 3.63) is 35.7 Å². The Hall–Kier alpha value is -3.03. The summed E-state index contributed by atoms with van der Waals surface area (Å²) in [6.45, 7) is 3.67. The van der Waals surface area contributed by atoms with Crippen molar-refractivity contribution in [3.8, 4) is 11.5 Å². The quantitative estimate of drug-likeness (QED) is 0.610. The number of nitrogens with zero attached hydrogens (tertiary/aromatic N) is 3. The second-order valence-electron chi connectivity index (χ2n) is 4.83. The fourth-order valence-electron chi connectivity index (χ4n) is 1.95. The Balaban J connectivity index is 2.15. The molecule has 0 spiro atoms. The average molecular weight is 332 g/mol. The molecule has 2 aromatic rings. The van der Waals surface area contributed by atoms with E-state index < -0.39 is 5.97 Å². The van der Waals surface area contributed by atoms with Gasteiger partial charge in [-0.05, 0) is 37.6 Å². The van der Waals surface area contributed by atoms with Gasteiger partial charge < -0.3 is 19.9 Å². The number of nitrogen functional groups attached to an aromatic ring is 1. The van der Waals surface area contributed by atoms with Gasteiger partial charge in [0, 0.05) is 0 Å². The summed E-state index contributed by atoms with van der Waals surface area (Å²) in [6, 6.07) is 5.24. The van der Waals surface area contributed by atoms with Crippen molar-refractivity contribution in [2.45, 2.75) is 13.8 Å². The molecule has 2 rings (SSSR count). The molecule has 0 aliphatic heterocycles. The number of imidazole rings is 1. The van der Waals surface area contributed by atoms with E-state index in [0.29, 0.717) is 24.1 Å². The van der Waals surface area contributed by atoms with Crippen LogP contribution in [0.5, 0.6) is 11.5 Å². The first-order valence-electron chi connectivity index (χ1n) is 7.35. The molecule has 1 aromatic heterocycles. The standard InChI is InChI=1S/C16H20N4O4/c1-4-23-15(21)10-24-14-7-12(5-6-13(14)22-3)8-18-20-9-11(2)19-16(20)17/h5-9H,4,10H2,1-3H3,(H2,17,19). The van der Waals surface area contributed by atoms with Crippen molar-refractivity contribution in [3.63, 3.8) is 0 Å². The van der Waals surface area contributed by atoms with Crippen molar-refractivity contribution >= 4 is 18.1 Å². The van der Waals surface area contributed by atoms with Gasteiger partial charge in [0.25, 0.3) is 0 Å². The number of aromatic nitrogens is 2. The van der Waals surface area contributed by atoms with Crippen LogP contribution in [0.1, 0.15) is 18.2 Å². The van der Waals surface area contributed by atoms with E-state index in [9.17, 15) is 4.79 Å². The lowest BCUT2D eigenvalue weighted by Gasteiger charge is -2.10. The van der Waals surface area contributed by atoms with E-state index in [2.05, 4.69) is 10.1 Å². The largest absolute Gasteiger partial charge is 0.493 e. The zero-order valence-corrected chi connectivity index (χ0v) is 13.9. The van der Waals surface area contributed by atoms with Gasteiger partial charge in [0.05, 0.1) is 31.8 Å². The lowest BCUT2D eigenvalue weighted by Crippen LogP contribution is -2.15. The van der Waals surface area contributed by atoms with Gasteiger partial charge in [-0.1, -0.05) is 0 Å². The fraction of sp³-hybridized carbons (Fsp3) is 0.312. The number of carbonyl (C=O) groups excluding carboxylic acids is 1. The molecule has 0 saturated carbocycles. The Morgan fingerprint density at radius 3 is 2.83 bits per heavy atom. The molecule has 128 valence electrons. The van der Waals surface area contributed by atoms with Gasteiger partial charge in [-0.2, -0.15) is 5.10 Å². The predicted molar refractivity (Wildman–Crippen MR) is 89.5 cm³/mol. The molecular formula is C16H20N4O4. The molecule has 2 N–H and O–H groups in total. The molecule has 0 radical (unpaired) electrons. The summed E-state index contributed by atoms with van der Waals surface area (Å²) in [4.78, 5) is 15.5. The molecule has 8 nitrogen and oxygen atoms in total. The topological polar surface area (TPSA) is 101 Å². The summed E-state index contributed by atoms with van der Waals surface area (Å²) < 4.78 is 17.0. The minimum Gasteiger partial charge on any atom is -0.493 e. The maximum Gasteiger partial charge on any atom is 0.344 e. The van der Waals surface area contributed by atoms with Gasteiger partial charge in [0.2, 0.25) is 5.95 Å². The van der Waals surface area contributed by atoms with Gasteiger partial charge in [-0.15, -0.1) is 0 Å². The highest BCUT2D eigenvalue weighted by molar-refractivity contribution is 5.81. The van der Waals surface area contributed by atoms with Gasteiger partial charge in [-0.3, -0.25) is 0 Å². The second kappa shape index (κ2) is 8.00. The molecule has 8 heteroatoms. The van der Waals surface area contributed by atoms with E-state index in [0.717, 1.165) is 11.3 Å². The molecule has 1 aromatic carbocycles. The van der Waals surface area contributed by atoms with Crippen LogP contribution in [-0.4, -0.2) is 42.2 Å². The third-order valence-electron chi connectivity index (χ3n) is 3.00. The van der Waals surface area contributed by atoms with Crippen molar-refractivity contribution in [1.82, 2.24) is 9.66 Å². The molecule has 0 fully saturated rings. The van der Waals surface area contributed by atoms with Crippen LogP contribution in [0.15, 0.2) is 29.5 Å². The monoisotopic (exact) mass is 332 g/mol. The number of aryl methyl sites for hydroxylation is 1. The highest BCUT2D eigenvalue weighted by atomic mass is 16.6. The highest BCUT2D eigenvalue weighted by Crippen LogP contribution is 2.27. The second-order valence-corrected chi connectivity index (χ2v) is 4.83. The maximum absolute atomic E-state index is 11.4. The molecule has 0 atom stereocenters. The SMILES string of the molecule is CCOC(=O)COc1cc(C=Nn2cc(C)nc2N)ccc1OC. The maximum atomic E-state index is 11.4. The first-order valence-corrected chi connectivity index (χ1v) is 7.35. The number of benzene rings is 1. The van der Waals surface area contributed by atoms with E-state index >= 15 is 0 Å². The molecule has 0 bridgehead atoms. The van der Waals surface area contributed by atoms with Gasteiger partial charge in [-0.25, -0.2) is 14.5 Å². The summed E-state index contributed by atoms with van der Waals surface area (Å²) in [7, 11) is 1.52. The minimum atomic E-state index is -0.444. The molecule has 0 aliphatic rings. The summed E-state index contributed by atoms with van der Waals surface area (Å²) in [6.07, 6.45) is 3.32. The number of esters is 1. The molecular weight excluding hydrogens is 312 g/mol. The predicted octanol–water partition coefficient (Wildman–Crippen LogP) is 1.61. The number of hydrogen-bond donors (Lipinski definition) is 1. The van der Waals surface area contributed by atoms with Crippen molar-refractivity contribution in [2.75, 3.05) is 26.1 Å². The van der Waals surface area contributed by atoms with Crippen LogP contribution in [0.3, 0.4) is 0 Å². The number of anilines is 1. The van der Waals surface area contributed by atoms with E-state index in [1.807, 2.05) is 6.92 Å². The van der Waals surface area contributed by atoms with E-state index in [1.165, 1.54) is 11.8 Å². The van der Waals surface area contributed by atoms with Crippen LogP contribution < -0.4 is 15.2 Å². The molecule has 0 aliphatic carbocycles. The van der Waals surface area contributed by atoms with Gasteiger partial charge in [0.15, 0.2) is 18.1 Å². The zero-order chi connectivity index (χ0) is 17.5. The number of methoxy groups -OCH3 is 1. The molecule has 0 saturated heterocycles. The van der Waals surface area contributed by atoms with Crippen LogP contribution in [0.2, 0.25) is 0 Å². The lowest BCUT2D eigenvalue weighted by atomic mass is 10.2. The number of ether oxygens (including phenoxy) is 3. The molecule has 1 heterocycles. The van der Waals surface area contributed by atoms with Crippen LogP contribution in [0, 0.1) is 6.92 Å². The smallest absolute Gasteiger partial charge is 0.344 e. The summed E-state index contributed by atoms with van der Waals surface area (Å²) in [5, 5.41) is 4.23. The third-order valence-corrected chi connectivity index (χ3v) is 3.00. The zero-order valence-electron chi connectivity index (χ0n) is 13.9. The van der Waals surface area contributed by atoms with Gasteiger partial charge >= 0.3 is 5.97 Å². The van der Waals surface area contributed by atoms with Gasteiger partial charge in [0.1, 0.15) is 0 Å². The minimum absolute atomic E-state index is 0.196. The lowest BCUT2D eigenvalue weighted by molar-refractivity contribution is -0.145. The van der Waals surface area contributed by atoms with E-state index in [1.54, 1.807) is 37.5 Å². The highest BCUT2D eigenvalue weighted by Gasteiger charge is 2.09. The van der Waals surface area contributed by atoms with E-state index in [4.69, 9.17) is 19.9 Å². The number of rotatable bonds is 7. The Morgan fingerprint density at radius 2 is 2.21 bits per heavy atom. The number of hydrogen-bond acceptors (Lipinski definition) is 7. The van der Waals surface area contributed by atoms with Crippen LogP contribution in [0.4, 0.5) is 5.95 Å². The van der Waals surface area contributed by atoms with Crippen LogP contribution >= 0.6 is 0 Å². The third kappa shape index (κ3) is 4.48.